The second-order valence-corrected chi connectivity index (χ2v) is 5.52. The standard InChI is InChI=1S/C16H18N2O2S/c1-4-6-7-11-10(3)17-8-12(11)15(20)16-18-13(9-21-16)14(19)5-2/h4,6-9,14,17,19H,1,5H2,2-3H3/b7-6-. The highest BCUT2D eigenvalue weighted by atomic mass is 32.1. The van der Waals surface area contributed by atoms with Crippen molar-refractivity contribution in [2.45, 2.75) is 26.4 Å². The monoisotopic (exact) mass is 302 g/mol. The van der Waals surface area contributed by atoms with E-state index in [1.165, 1.54) is 11.3 Å². The Kier molecular flexibility index (Phi) is 4.88. The molecule has 2 rings (SSSR count). The van der Waals surface area contributed by atoms with Gasteiger partial charge in [0.1, 0.15) is 0 Å². The number of carbonyl (C=O) groups excluding carboxylic acids is 1. The van der Waals surface area contributed by atoms with Crippen molar-refractivity contribution in [1.82, 2.24) is 9.97 Å². The highest BCUT2D eigenvalue weighted by Crippen LogP contribution is 2.24. The van der Waals surface area contributed by atoms with Gasteiger partial charge in [-0.1, -0.05) is 31.7 Å². The lowest BCUT2D eigenvalue weighted by Crippen LogP contribution is -2.03. The molecule has 2 aromatic rings. The number of hydrogen-bond acceptors (Lipinski definition) is 4. The molecule has 110 valence electrons. The molecule has 1 atom stereocenters. The Bertz CT molecular complexity index is 682. The number of H-pyrrole nitrogens is 1. The molecule has 1 unspecified atom stereocenters. The van der Waals surface area contributed by atoms with Crippen molar-refractivity contribution in [2.24, 2.45) is 0 Å². The molecule has 0 aromatic carbocycles. The first kappa shape index (κ1) is 15.4. The van der Waals surface area contributed by atoms with E-state index in [4.69, 9.17) is 0 Å². The Morgan fingerprint density at radius 1 is 1.62 bits per heavy atom. The first-order valence-electron chi connectivity index (χ1n) is 6.73. The SMILES string of the molecule is C=C/C=C\c1c(C(=O)c2nc(C(O)CC)cs2)c[nH]c1C. The van der Waals surface area contributed by atoms with Crippen LogP contribution in [0.25, 0.3) is 6.08 Å². The fraction of sp³-hybridized carbons (Fsp3) is 0.250. The van der Waals surface area contributed by atoms with Crippen molar-refractivity contribution in [2.75, 3.05) is 0 Å². The van der Waals surface area contributed by atoms with Gasteiger partial charge in [-0.25, -0.2) is 4.98 Å². The zero-order valence-corrected chi connectivity index (χ0v) is 12.9. The minimum absolute atomic E-state index is 0.136. The fourth-order valence-corrected chi connectivity index (χ4v) is 2.79. The molecule has 0 radical (unpaired) electrons. The minimum atomic E-state index is -0.615. The largest absolute Gasteiger partial charge is 0.387 e. The smallest absolute Gasteiger partial charge is 0.223 e. The van der Waals surface area contributed by atoms with E-state index in [9.17, 15) is 9.90 Å². The average molecular weight is 302 g/mol. The molecule has 0 spiro atoms. The van der Waals surface area contributed by atoms with E-state index in [0.29, 0.717) is 22.7 Å². The van der Waals surface area contributed by atoms with E-state index in [0.717, 1.165) is 11.3 Å². The maximum atomic E-state index is 12.6. The van der Waals surface area contributed by atoms with Crippen molar-refractivity contribution < 1.29 is 9.90 Å². The lowest BCUT2D eigenvalue weighted by Gasteiger charge is -2.01. The lowest BCUT2D eigenvalue weighted by atomic mass is 10.1. The van der Waals surface area contributed by atoms with Crippen molar-refractivity contribution in [3.63, 3.8) is 0 Å². The number of nitrogens with one attached hydrogen (secondary N) is 1. The third-order valence-electron chi connectivity index (χ3n) is 3.22. The van der Waals surface area contributed by atoms with Crippen LogP contribution in [0.1, 0.15) is 51.8 Å². The first-order valence-corrected chi connectivity index (χ1v) is 7.61. The highest BCUT2D eigenvalue weighted by molar-refractivity contribution is 7.12. The third kappa shape index (κ3) is 3.20. The number of carbonyl (C=O) groups is 1. The molecule has 0 saturated heterocycles. The number of allylic oxidation sites excluding steroid dienone is 2. The van der Waals surface area contributed by atoms with Crippen LogP contribution in [0.5, 0.6) is 0 Å². The van der Waals surface area contributed by atoms with Gasteiger partial charge in [0.2, 0.25) is 5.78 Å². The van der Waals surface area contributed by atoms with Gasteiger partial charge in [0.05, 0.1) is 17.4 Å². The predicted molar refractivity (Wildman–Crippen MR) is 85.6 cm³/mol. The van der Waals surface area contributed by atoms with E-state index in [2.05, 4.69) is 16.5 Å². The number of aliphatic hydroxyl groups is 1. The normalized spacial score (nSPS) is 12.7. The summed E-state index contributed by atoms with van der Waals surface area (Å²) >= 11 is 1.26. The number of thiazole rings is 1. The van der Waals surface area contributed by atoms with Crippen LogP contribution >= 0.6 is 11.3 Å². The number of aromatic nitrogens is 2. The molecule has 0 amide bonds. The molecule has 0 aliphatic carbocycles. The van der Waals surface area contributed by atoms with Crippen LogP contribution in [0.3, 0.4) is 0 Å². The van der Waals surface area contributed by atoms with E-state index < -0.39 is 6.10 Å². The van der Waals surface area contributed by atoms with Gasteiger partial charge in [0.15, 0.2) is 5.01 Å². The molecular weight excluding hydrogens is 284 g/mol. The Morgan fingerprint density at radius 3 is 3.05 bits per heavy atom. The third-order valence-corrected chi connectivity index (χ3v) is 4.07. The molecule has 5 heteroatoms. The summed E-state index contributed by atoms with van der Waals surface area (Å²) in [6.07, 6.45) is 6.96. The maximum absolute atomic E-state index is 12.6. The summed E-state index contributed by atoms with van der Waals surface area (Å²) in [6.45, 7) is 7.42. The summed E-state index contributed by atoms with van der Waals surface area (Å²) < 4.78 is 0. The average Bonchev–Trinajstić information content (AvgIpc) is 3.11. The molecular formula is C16H18N2O2S. The Morgan fingerprint density at radius 2 is 2.38 bits per heavy atom. The van der Waals surface area contributed by atoms with Gasteiger partial charge in [-0.3, -0.25) is 4.79 Å². The molecule has 0 saturated carbocycles. The molecule has 0 aliphatic rings. The molecule has 2 N–H and O–H groups in total. The van der Waals surface area contributed by atoms with Gasteiger partial charge in [0, 0.05) is 22.8 Å². The van der Waals surface area contributed by atoms with Crippen LogP contribution in [0.4, 0.5) is 0 Å². The topological polar surface area (TPSA) is 66.0 Å². The van der Waals surface area contributed by atoms with Gasteiger partial charge < -0.3 is 10.1 Å². The first-order chi connectivity index (χ1) is 10.1. The van der Waals surface area contributed by atoms with Gasteiger partial charge in [0.25, 0.3) is 0 Å². The number of rotatable bonds is 6. The summed E-state index contributed by atoms with van der Waals surface area (Å²) in [5, 5.41) is 11.9. The number of aryl methyl sites for hydroxylation is 1. The van der Waals surface area contributed by atoms with E-state index in [1.807, 2.05) is 19.9 Å². The van der Waals surface area contributed by atoms with Crippen LogP contribution in [-0.4, -0.2) is 20.9 Å². The number of hydrogen-bond donors (Lipinski definition) is 2. The van der Waals surface area contributed by atoms with Crippen LogP contribution in [0.15, 0.2) is 30.3 Å². The van der Waals surface area contributed by atoms with Gasteiger partial charge in [-0.15, -0.1) is 11.3 Å². The minimum Gasteiger partial charge on any atom is -0.387 e. The van der Waals surface area contributed by atoms with Crippen LogP contribution in [0.2, 0.25) is 0 Å². The number of ketones is 1. The maximum Gasteiger partial charge on any atom is 0.223 e. The van der Waals surface area contributed by atoms with E-state index in [-0.39, 0.29) is 5.78 Å². The molecule has 0 fully saturated rings. The zero-order valence-electron chi connectivity index (χ0n) is 12.1. The van der Waals surface area contributed by atoms with Crippen molar-refractivity contribution >= 4 is 23.2 Å². The lowest BCUT2D eigenvalue weighted by molar-refractivity contribution is 0.103. The predicted octanol–water partition coefficient (Wildman–Crippen LogP) is 3.65. The van der Waals surface area contributed by atoms with Gasteiger partial charge in [-0.2, -0.15) is 0 Å². The van der Waals surface area contributed by atoms with Gasteiger partial charge in [-0.05, 0) is 13.3 Å². The molecule has 21 heavy (non-hydrogen) atoms. The summed E-state index contributed by atoms with van der Waals surface area (Å²) in [5.41, 5.74) is 2.90. The Labute approximate surface area is 127 Å². The summed E-state index contributed by atoms with van der Waals surface area (Å²) in [6, 6.07) is 0. The fourth-order valence-electron chi connectivity index (χ4n) is 1.97. The van der Waals surface area contributed by atoms with Crippen LogP contribution in [-0.2, 0) is 0 Å². The molecule has 4 nitrogen and oxygen atoms in total. The Balaban J connectivity index is 2.34. The van der Waals surface area contributed by atoms with Crippen molar-refractivity contribution in [3.05, 3.63) is 57.8 Å². The highest BCUT2D eigenvalue weighted by Gasteiger charge is 2.20. The van der Waals surface area contributed by atoms with Crippen molar-refractivity contribution in [3.8, 4) is 0 Å². The molecule has 2 heterocycles. The molecule has 2 aromatic heterocycles. The molecule has 0 aliphatic heterocycles. The summed E-state index contributed by atoms with van der Waals surface area (Å²) in [7, 11) is 0. The second-order valence-electron chi connectivity index (χ2n) is 4.67. The quantitative estimate of drug-likeness (QED) is 0.632. The van der Waals surface area contributed by atoms with E-state index in [1.54, 1.807) is 23.7 Å². The van der Waals surface area contributed by atoms with Gasteiger partial charge >= 0.3 is 0 Å². The van der Waals surface area contributed by atoms with E-state index >= 15 is 0 Å². The molecule has 0 bridgehead atoms. The summed E-state index contributed by atoms with van der Waals surface area (Å²) in [4.78, 5) is 19.9. The van der Waals surface area contributed by atoms with Crippen LogP contribution < -0.4 is 0 Å². The second kappa shape index (κ2) is 6.65. The summed E-state index contributed by atoms with van der Waals surface area (Å²) in [5.74, 6) is -0.136. The number of nitrogens with zero attached hydrogens (tertiary/aromatic N) is 1. The Hall–Kier alpha value is -1.98. The zero-order chi connectivity index (χ0) is 15.4. The van der Waals surface area contributed by atoms with Crippen molar-refractivity contribution in [1.29, 1.82) is 0 Å². The number of aromatic amines is 1. The number of aliphatic hydroxyl groups excluding tert-OH is 1. The van der Waals surface area contributed by atoms with Crippen LogP contribution in [0, 0.1) is 6.92 Å².